The molecule has 0 radical (unpaired) electrons. The summed E-state index contributed by atoms with van der Waals surface area (Å²) < 4.78 is 7.16. The van der Waals surface area contributed by atoms with Gasteiger partial charge in [0.15, 0.2) is 8.32 Å². The Morgan fingerprint density at radius 2 is 1.56 bits per heavy atom. The van der Waals surface area contributed by atoms with Gasteiger partial charge in [-0.15, -0.1) is 0 Å². The van der Waals surface area contributed by atoms with Crippen LogP contribution in [0.5, 0.6) is 0 Å². The molecule has 3 heteroatoms. The molecular formula is C36H64O2Si. The van der Waals surface area contributed by atoms with Gasteiger partial charge in [-0.1, -0.05) is 88.5 Å². The van der Waals surface area contributed by atoms with Gasteiger partial charge in [-0.2, -0.15) is 0 Å². The lowest BCUT2D eigenvalue weighted by Gasteiger charge is -2.63. The average molecular weight is 557 g/mol. The van der Waals surface area contributed by atoms with E-state index < -0.39 is 8.32 Å². The second-order valence-corrected chi connectivity index (χ2v) is 23.4. The SMILES string of the molecule is CC(C)CCCC(C)C1CCC2(C)C3C(=O)CC4C(C)(C)C(O[Si](C)(C)C(C)(C)C)CCC45CC35CCC12C. The minimum atomic E-state index is -1.86. The highest BCUT2D eigenvalue weighted by Crippen LogP contribution is 2.88. The van der Waals surface area contributed by atoms with Gasteiger partial charge in [0.05, 0.1) is 6.10 Å². The first-order chi connectivity index (χ1) is 17.8. The summed E-state index contributed by atoms with van der Waals surface area (Å²) in [5, 5.41) is 0.222. The summed E-state index contributed by atoms with van der Waals surface area (Å²) in [6.07, 6.45) is 14.3. The third-order valence-electron chi connectivity index (χ3n) is 15.2. The van der Waals surface area contributed by atoms with Crippen molar-refractivity contribution in [3.63, 3.8) is 0 Å². The molecule has 5 aliphatic carbocycles. The van der Waals surface area contributed by atoms with Crippen LogP contribution in [-0.4, -0.2) is 20.2 Å². The first-order valence-corrected chi connectivity index (χ1v) is 19.9. The van der Waals surface area contributed by atoms with E-state index in [4.69, 9.17) is 4.43 Å². The quantitative estimate of drug-likeness (QED) is 0.291. The van der Waals surface area contributed by atoms with Gasteiger partial charge in [-0.05, 0) is 114 Å². The summed E-state index contributed by atoms with van der Waals surface area (Å²) in [5.41, 5.74) is 1.27. The van der Waals surface area contributed by atoms with E-state index in [1.807, 2.05) is 0 Å². The van der Waals surface area contributed by atoms with Crippen molar-refractivity contribution in [1.82, 2.24) is 0 Å². The molecule has 5 rings (SSSR count). The molecule has 224 valence electrons. The van der Waals surface area contributed by atoms with Crippen LogP contribution in [0.1, 0.15) is 140 Å². The zero-order chi connectivity index (χ0) is 29.0. The highest BCUT2D eigenvalue weighted by atomic mass is 28.4. The van der Waals surface area contributed by atoms with E-state index in [2.05, 4.69) is 82.3 Å². The lowest BCUT2D eigenvalue weighted by atomic mass is 9.41. The Balaban J connectivity index is 1.40. The summed E-state index contributed by atoms with van der Waals surface area (Å²) in [6, 6.07) is 0. The summed E-state index contributed by atoms with van der Waals surface area (Å²) >= 11 is 0. The molecule has 9 atom stereocenters. The number of hydrogen-bond donors (Lipinski definition) is 0. The Bertz CT molecular complexity index is 975. The molecule has 0 aromatic heterocycles. The van der Waals surface area contributed by atoms with Gasteiger partial charge in [0.2, 0.25) is 0 Å². The van der Waals surface area contributed by atoms with Gasteiger partial charge in [-0.3, -0.25) is 4.79 Å². The normalized spacial score (nSPS) is 45.8. The minimum Gasteiger partial charge on any atom is -0.413 e. The monoisotopic (exact) mass is 556 g/mol. The minimum absolute atomic E-state index is 0.0721. The van der Waals surface area contributed by atoms with E-state index in [-0.39, 0.29) is 21.3 Å². The Hall–Kier alpha value is -0.153. The van der Waals surface area contributed by atoms with E-state index in [0.717, 1.165) is 24.2 Å². The van der Waals surface area contributed by atoms with Crippen molar-refractivity contribution in [3.05, 3.63) is 0 Å². The molecule has 2 spiro atoms. The number of fused-ring (bicyclic) bond motifs is 2. The molecule has 0 aliphatic heterocycles. The van der Waals surface area contributed by atoms with Crippen LogP contribution in [0.2, 0.25) is 18.1 Å². The highest BCUT2D eigenvalue weighted by molar-refractivity contribution is 6.74. The fourth-order valence-corrected chi connectivity index (χ4v) is 13.2. The number of carbonyl (C=O) groups excluding carboxylic acids is 1. The van der Waals surface area contributed by atoms with Crippen LogP contribution in [0.4, 0.5) is 0 Å². The number of ketones is 1. The summed E-state index contributed by atoms with van der Waals surface area (Å²) in [7, 11) is -1.86. The van der Waals surface area contributed by atoms with Crippen molar-refractivity contribution in [2.24, 2.45) is 56.7 Å². The van der Waals surface area contributed by atoms with Gasteiger partial charge < -0.3 is 4.43 Å². The van der Waals surface area contributed by atoms with Crippen LogP contribution in [0.15, 0.2) is 0 Å². The number of carbonyl (C=O) groups is 1. The molecule has 2 nitrogen and oxygen atoms in total. The largest absolute Gasteiger partial charge is 0.413 e. The lowest BCUT2D eigenvalue weighted by molar-refractivity contribution is -0.174. The third-order valence-corrected chi connectivity index (χ3v) is 19.7. The molecule has 0 heterocycles. The van der Waals surface area contributed by atoms with E-state index in [1.165, 1.54) is 64.2 Å². The van der Waals surface area contributed by atoms with Crippen molar-refractivity contribution in [2.45, 2.75) is 164 Å². The van der Waals surface area contributed by atoms with Gasteiger partial charge in [0.25, 0.3) is 0 Å². The second kappa shape index (κ2) is 9.17. The van der Waals surface area contributed by atoms with Crippen molar-refractivity contribution in [2.75, 3.05) is 0 Å². The molecule has 0 bridgehead atoms. The maximum atomic E-state index is 14.5. The molecule has 5 aliphatic rings. The summed E-state index contributed by atoms with van der Waals surface area (Å²) in [6.45, 7) is 29.4. The van der Waals surface area contributed by atoms with E-state index in [1.54, 1.807) is 0 Å². The predicted octanol–water partition coefficient (Wildman–Crippen LogP) is 10.5. The first-order valence-electron chi connectivity index (χ1n) is 17.0. The van der Waals surface area contributed by atoms with Crippen LogP contribution in [-0.2, 0) is 9.22 Å². The fourth-order valence-electron chi connectivity index (χ4n) is 11.7. The van der Waals surface area contributed by atoms with Crippen molar-refractivity contribution < 1.29 is 9.22 Å². The zero-order valence-corrected chi connectivity index (χ0v) is 29.1. The molecule has 0 amide bonds. The maximum Gasteiger partial charge on any atom is 0.192 e. The van der Waals surface area contributed by atoms with E-state index in [0.29, 0.717) is 34.6 Å². The summed E-state index contributed by atoms with van der Waals surface area (Å²) in [5.74, 6) is 3.83. The standard InChI is InChI=1S/C36H64O2Si/c1-24(2)14-13-15-25(3)26-16-18-34(10)30-27(37)22-28-32(7,8)29(38-39(11,12)31(4,5)6)17-19-35(28)23-36(30,35)21-20-33(26,34)9/h24-26,28-30H,13-23H2,1-12H3. The van der Waals surface area contributed by atoms with Crippen LogP contribution in [0.3, 0.4) is 0 Å². The molecule has 5 saturated carbocycles. The predicted molar refractivity (Wildman–Crippen MR) is 167 cm³/mol. The van der Waals surface area contributed by atoms with Gasteiger partial charge in [0.1, 0.15) is 5.78 Å². The lowest BCUT2D eigenvalue weighted by Crippen LogP contribution is -2.61. The molecule has 9 unspecified atom stereocenters. The Labute approximate surface area is 243 Å². The molecule has 0 N–H and O–H groups in total. The molecule has 5 fully saturated rings. The molecule has 0 saturated heterocycles. The van der Waals surface area contributed by atoms with E-state index in [9.17, 15) is 4.79 Å². The van der Waals surface area contributed by atoms with Crippen LogP contribution in [0.25, 0.3) is 0 Å². The molecule has 39 heavy (non-hydrogen) atoms. The number of rotatable bonds is 7. The average Bonchev–Trinajstić information content (AvgIpc) is 3.36. The van der Waals surface area contributed by atoms with Crippen molar-refractivity contribution in [1.29, 1.82) is 0 Å². The smallest absolute Gasteiger partial charge is 0.192 e. The Morgan fingerprint density at radius 1 is 0.897 bits per heavy atom. The van der Waals surface area contributed by atoms with Crippen LogP contribution >= 0.6 is 0 Å². The number of Topliss-reactive ketones (excluding diaryl/α,β-unsaturated/α-hetero) is 1. The second-order valence-electron chi connectivity index (χ2n) is 18.7. The summed E-state index contributed by atoms with van der Waals surface area (Å²) in [4.78, 5) is 14.5. The van der Waals surface area contributed by atoms with Crippen LogP contribution in [0, 0.1) is 56.7 Å². The maximum absolute atomic E-state index is 14.5. The zero-order valence-electron chi connectivity index (χ0n) is 28.1. The Kier molecular flexibility index (Phi) is 7.13. The Morgan fingerprint density at radius 3 is 2.18 bits per heavy atom. The van der Waals surface area contributed by atoms with Crippen LogP contribution < -0.4 is 0 Å². The molecule has 0 aromatic rings. The van der Waals surface area contributed by atoms with Gasteiger partial charge >= 0.3 is 0 Å². The first kappa shape index (κ1) is 30.3. The topological polar surface area (TPSA) is 26.3 Å². The van der Waals surface area contributed by atoms with Gasteiger partial charge in [0, 0.05) is 12.3 Å². The van der Waals surface area contributed by atoms with Gasteiger partial charge in [-0.25, -0.2) is 0 Å². The third kappa shape index (κ3) is 4.10. The van der Waals surface area contributed by atoms with Crippen molar-refractivity contribution >= 4 is 14.1 Å². The fraction of sp³-hybridized carbons (Fsp3) is 0.972. The van der Waals surface area contributed by atoms with E-state index >= 15 is 0 Å². The van der Waals surface area contributed by atoms with Crippen molar-refractivity contribution in [3.8, 4) is 0 Å². The highest BCUT2D eigenvalue weighted by Gasteiger charge is 2.84. The molecular weight excluding hydrogens is 492 g/mol. The number of hydrogen-bond acceptors (Lipinski definition) is 2. The molecule has 0 aromatic carbocycles.